The predicted molar refractivity (Wildman–Crippen MR) is 90.4 cm³/mol. The number of anilines is 1. The highest BCUT2D eigenvalue weighted by Gasteiger charge is 2.05. The van der Waals surface area contributed by atoms with Crippen LogP contribution in [0.2, 0.25) is 5.02 Å². The van der Waals surface area contributed by atoms with E-state index >= 15 is 0 Å². The second-order valence-electron chi connectivity index (χ2n) is 4.80. The summed E-state index contributed by atoms with van der Waals surface area (Å²) in [5.41, 5.74) is 1.10. The lowest BCUT2D eigenvalue weighted by atomic mass is 10.1. The second-order valence-corrected chi connectivity index (χ2v) is 5.20. The third kappa shape index (κ3) is 5.30. The molecule has 2 aromatic carbocycles. The van der Waals surface area contributed by atoms with E-state index < -0.39 is 0 Å². The first-order valence-corrected chi connectivity index (χ1v) is 7.47. The molecule has 2 N–H and O–H groups in total. The molecule has 0 aliphatic heterocycles. The molecule has 0 bridgehead atoms. The number of ketones is 1. The Morgan fingerprint density at radius 3 is 2.65 bits per heavy atom. The molecule has 0 unspecified atom stereocenters. The first-order valence-electron chi connectivity index (χ1n) is 7.09. The SMILES string of the molecule is CC(=O)c1cccc(NC(=O)NCCOc2ccccc2Cl)c1. The number of carbonyl (C=O) groups excluding carboxylic acids is 2. The number of Topliss-reactive ketones (excluding diaryl/α,β-unsaturated/α-hetero) is 1. The average molecular weight is 333 g/mol. The van der Waals surface area contributed by atoms with Crippen LogP contribution in [0.15, 0.2) is 48.5 Å². The van der Waals surface area contributed by atoms with E-state index in [1.54, 1.807) is 36.4 Å². The molecule has 0 fully saturated rings. The molecular formula is C17H17ClN2O3. The van der Waals surface area contributed by atoms with Crippen molar-refractivity contribution in [2.45, 2.75) is 6.92 Å². The van der Waals surface area contributed by atoms with Gasteiger partial charge < -0.3 is 15.4 Å². The van der Waals surface area contributed by atoms with Gasteiger partial charge in [0.2, 0.25) is 0 Å². The van der Waals surface area contributed by atoms with Crippen molar-refractivity contribution in [3.63, 3.8) is 0 Å². The molecule has 2 aromatic rings. The molecular weight excluding hydrogens is 316 g/mol. The van der Waals surface area contributed by atoms with E-state index in [0.717, 1.165) is 0 Å². The molecule has 0 aliphatic carbocycles. The monoisotopic (exact) mass is 332 g/mol. The number of para-hydroxylation sites is 1. The Bertz CT molecular complexity index is 704. The van der Waals surface area contributed by atoms with E-state index in [1.165, 1.54) is 6.92 Å². The summed E-state index contributed by atoms with van der Waals surface area (Å²) in [5.74, 6) is 0.521. The van der Waals surface area contributed by atoms with Gasteiger partial charge in [-0.15, -0.1) is 0 Å². The van der Waals surface area contributed by atoms with Gasteiger partial charge in [-0.05, 0) is 31.2 Å². The van der Waals surface area contributed by atoms with E-state index in [2.05, 4.69) is 10.6 Å². The fraction of sp³-hybridized carbons (Fsp3) is 0.176. The number of hydrogen-bond acceptors (Lipinski definition) is 3. The topological polar surface area (TPSA) is 67.4 Å². The smallest absolute Gasteiger partial charge is 0.319 e. The van der Waals surface area contributed by atoms with Crippen molar-refractivity contribution in [1.29, 1.82) is 0 Å². The molecule has 0 saturated carbocycles. The molecule has 0 aliphatic rings. The third-order valence-corrected chi connectivity index (χ3v) is 3.32. The molecule has 23 heavy (non-hydrogen) atoms. The Morgan fingerprint density at radius 1 is 1.13 bits per heavy atom. The van der Waals surface area contributed by atoms with Gasteiger partial charge in [0.15, 0.2) is 5.78 Å². The predicted octanol–water partition coefficient (Wildman–Crippen LogP) is 3.74. The maximum atomic E-state index is 11.8. The minimum Gasteiger partial charge on any atom is -0.490 e. The molecule has 0 atom stereocenters. The van der Waals surface area contributed by atoms with E-state index in [1.807, 2.05) is 12.1 Å². The van der Waals surface area contributed by atoms with Gasteiger partial charge in [0.1, 0.15) is 12.4 Å². The number of hydrogen-bond donors (Lipinski definition) is 2. The summed E-state index contributed by atoms with van der Waals surface area (Å²) in [6, 6.07) is 13.5. The maximum absolute atomic E-state index is 11.8. The Hall–Kier alpha value is -2.53. The lowest BCUT2D eigenvalue weighted by Crippen LogP contribution is -2.32. The lowest BCUT2D eigenvalue weighted by Gasteiger charge is -2.10. The summed E-state index contributed by atoms with van der Waals surface area (Å²) in [6.07, 6.45) is 0. The summed E-state index contributed by atoms with van der Waals surface area (Å²) in [7, 11) is 0. The van der Waals surface area contributed by atoms with Crippen LogP contribution in [-0.4, -0.2) is 25.0 Å². The fourth-order valence-corrected chi connectivity index (χ4v) is 2.07. The standard InChI is InChI=1S/C17H17ClN2O3/c1-12(21)13-5-4-6-14(11-13)20-17(22)19-9-10-23-16-8-3-2-7-15(16)18/h2-8,11H,9-10H2,1H3,(H2,19,20,22). The van der Waals surface area contributed by atoms with Crippen LogP contribution in [0.4, 0.5) is 10.5 Å². The summed E-state index contributed by atoms with van der Waals surface area (Å²) < 4.78 is 5.47. The number of amides is 2. The van der Waals surface area contributed by atoms with Crippen LogP contribution in [0.3, 0.4) is 0 Å². The minimum atomic E-state index is -0.367. The first kappa shape index (κ1) is 16.8. The highest BCUT2D eigenvalue weighted by molar-refractivity contribution is 6.32. The van der Waals surface area contributed by atoms with Crippen LogP contribution in [0.25, 0.3) is 0 Å². The van der Waals surface area contributed by atoms with Crippen LogP contribution in [-0.2, 0) is 0 Å². The number of ether oxygens (including phenoxy) is 1. The van der Waals surface area contributed by atoms with Gasteiger partial charge in [0, 0.05) is 11.3 Å². The molecule has 6 heteroatoms. The molecule has 120 valence electrons. The van der Waals surface area contributed by atoms with Crippen LogP contribution in [0, 0.1) is 0 Å². The Labute approximate surface area is 139 Å². The van der Waals surface area contributed by atoms with Crippen LogP contribution < -0.4 is 15.4 Å². The highest BCUT2D eigenvalue weighted by atomic mass is 35.5. The number of urea groups is 1. The minimum absolute atomic E-state index is 0.0535. The van der Waals surface area contributed by atoms with Crippen LogP contribution in [0.1, 0.15) is 17.3 Å². The van der Waals surface area contributed by atoms with E-state index in [-0.39, 0.29) is 11.8 Å². The number of nitrogens with one attached hydrogen (secondary N) is 2. The summed E-state index contributed by atoms with van der Waals surface area (Å²) in [6.45, 7) is 2.10. The Morgan fingerprint density at radius 2 is 1.91 bits per heavy atom. The van der Waals surface area contributed by atoms with Crippen molar-refractivity contribution in [3.05, 3.63) is 59.1 Å². The van der Waals surface area contributed by atoms with Crippen molar-refractivity contribution >= 4 is 29.1 Å². The van der Waals surface area contributed by atoms with E-state index in [4.69, 9.17) is 16.3 Å². The van der Waals surface area contributed by atoms with Crippen molar-refractivity contribution < 1.29 is 14.3 Å². The molecule has 0 spiro atoms. The van der Waals surface area contributed by atoms with Crippen molar-refractivity contribution in [3.8, 4) is 5.75 Å². The zero-order valence-corrected chi connectivity index (χ0v) is 13.4. The first-order chi connectivity index (χ1) is 11.1. The normalized spacial score (nSPS) is 10.0. The fourth-order valence-electron chi connectivity index (χ4n) is 1.88. The molecule has 0 saturated heterocycles. The molecule has 2 rings (SSSR count). The Balaban J connectivity index is 1.76. The number of benzene rings is 2. The highest BCUT2D eigenvalue weighted by Crippen LogP contribution is 2.22. The average Bonchev–Trinajstić information content (AvgIpc) is 2.53. The number of carbonyl (C=O) groups is 2. The van der Waals surface area contributed by atoms with Gasteiger partial charge in [-0.1, -0.05) is 35.9 Å². The maximum Gasteiger partial charge on any atom is 0.319 e. The second kappa shape index (κ2) is 8.19. The summed E-state index contributed by atoms with van der Waals surface area (Å²) in [5, 5.41) is 5.86. The molecule has 0 radical (unpaired) electrons. The van der Waals surface area contributed by atoms with Gasteiger partial charge in [-0.2, -0.15) is 0 Å². The van der Waals surface area contributed by atoms with Gasteiger partial charge in [0.25, 0.3) is 0 Å². The molecule has 0 aromatic heterocycles. The van der Waals surface area contributed by atoms with Crippen molar-refractivity contribution in [1.82, 2.24) is 5.32 Å². The van der Waals surface area contributed by atoms with E-state index in [0.29, 0.717) is 35.2 Å². The largest absolute Gasteiger partial charge is 0.490 e. The third-order valence-electron chi connectivity index (χ3n) is 3.01. The quantitative estimate of drug-likeness (QED) is 0.625. The van der Waals surface area contributed by atoms with Gasteiger partial charge in [0.05, 0.1) is 11.6 Å². The van der Waals surface area contributed by atoms with Crippen molar-refractivity contribution in [2.24, 2.45) is 0 Å². The summed E-state index contributed by atoms with van der Waals surface area (Å²) >= 11 is 5.96. The summed E-state index contributed by atoms with van der Waals surface area (Å²) in [4.78, 5) is 23.1. The van der Waals surface area contributed by atoms with Gasteiger partial charge >= 0.3 is 6.03 Å². The van der Waals surface area contributed by atoms with E-state index in [9.17, 15) is 9.59 Å². The van der Waals surface area contributed by atoms with Crippen LogP contribution >= 0.6 is 11.6 Å². The zero-order chi connectivity index (χ0) is 16.7. The molecule has 0 heterocycles. The van der Waals surface area contributed by atoms with Gasteiger partial charge in [-0.25, -0.2) is 4.79 Å². The Kier molecular flexibility index (Phi) is 6.00. The van der Waals surface area contributed by atoms with Crippen LogP contribution in [0.5, 0.6) is 5.75 Å². The van der Waals surface area contributed by atoms with Gasteiger partial charge in [-0.3, -0.25) is 4.79 Å². The van der Waals surface area contributed by atoms with Crippen molar-refractivity contribution in [2.75, 3.05) is 18.5 Å². The zero-order valence-electron chi connectivity index (χ0n) is 12.6. The number of rotatable bonds is 6. The lowest BCUT2D eigenvalue weighted by molar-refractivity contribution is 0.101. The molecule has 5 nitrogen and oxygen atoms in total. The number of halogens is 1. The molecule has 2 amide bonds.